The molecular weight excluding hydrogens is 396 g/mol. The first-order valence-electron chi connectivity index (χ1n) is 9.83. The molecule has 0 fully saturated rings. The molecule has 0 atom stereocenters. The fourth-order valence-corrected chi connectivity index (χ4v) is 3.32. The first-order chi connectivity index (χ1) is 14.8. The van der Waals surface area contributed by atoms with Gasteiger partial charge in [0.2, 0.25) is 0 Å². The Hall–Kier alpha value is -3.94. The predicted molar refractivity (Wildman–Crippen MR) is 115 cm³/mol. The van der Waals surface area contributed by atoms with E-state index in [4.69, 9.17) is 4.74 Å². The highest BCUT2D eigenvalue weighted by Gasteiger charge is 2.19. The molecule has 1 aromatic carbocycles. The van der Waals surface area contributed by atoms with Gasteiger partial charge < -0.3 is 9.30 Å². The van der Waals surface area contributed by atoms with Gasteiger partial charge in [-0.05, 0) is 58.0 Å². The summed E-state index contributed by atoms with van der Waals surface area (Å²) >= 11 is 0. The summed E-state index contributed by atoms with van der Waals surface area (Å²) in [7, 11) is 0. The first kappa shape index (κ1) is 21.8. The molecule has 3 rings (SSSR count). The van der Waals surface area contributed by atoms with Gasteiger partial charge in [-0.25, -0.2) is 9.78 Å². The molecule has 2 aromatic heterocycles. The molecule has 2 heterocycles. The van der Waals surface area contributed by atoms with Gasteiger partial charge in [0.1, 0.15) is 5.69 Å². The van der Waals surface area contributed by atoms with Crippen LogP contribution in [0.3, 0.4) is 0 Å². The quantitative estimate of drug-likeness (QED) is 0.488. The highest BCUT2D eigenvalue weighted by molar-refractivity contribution is 5.99. The lowest BCUT2D eigenvalue weighted by Crippen LogP contribution is -2.42. The average molecular weight is 420 g/mol. The summed E-state index contributed by atoms with van der Waals surface area (Å²) in [6.07, 6.45) is 0. The number of aryl methyl sites for hydroxylation is 2. The van der Waals surface area contributed by atoms with Gasteiger partial charge in [-0.3, -0.25) is 20.4 Å². The van der Waals surface area contributed by atoms with Gasteiger partial charge in [-0.15, -0.1) is 0 Å². The molecule has 31 heavy (non-hydrogen) atoms. The second-order valence-electron chi connectivity index (χ2n) is 6.91. The number of hydrogen-bond acceptors (Lipinski definition) is 5. The van der Waals surface area contributed by atoms with Crippen molar-refractivity contribution >= 4 is 17.8 Å². The number of pyridine rings is 1. The summed E-state index contributed by atoms with van der Waals surface area (Å²) in [6.45, 7) is 7.32. The van der Waals surface area contributed by atoms with Crippen LogP contribution in [0, 0.1) is 20.8 Å². The summed E-state index contributed by atoms with van der Waals surface area (Å²) in [6, 6.07) is 14.3. The fourth-order valence-electron chi connectivity index (χ4n) is 3.32. The summed E-state index contributed by atoms with van der Waals surface area (Å²) < 4.78 is 6.92. The summed E-state index contributed by atoms with van der Waals surface area (Å²) in [5.74, 6) is -1.53. The maximum atomic E-state index is 12.7. The van der Waals surface area contributed by atoms with E-state index < -0.39 is 17.8 Å². The smallest absolute Gasteiger partial charge is 0.339 e. The van der Waals surface area contributed by atoms with Gasteiger partial charge in [0.05, 0.1) is 23.4 Å². The molecule has 160 valence electrons. The number of hydrazine groups is 1. The molecule has 2 N–H and O–H groups in total. The van der Waals surface area contributed by atoms with Crippen LogP contribution >= 0.6 is 0 Å². The van der Waals surface area contributed by atoms with Crippen LogP contribution < -0.4 is 10.9 Å². The number of hydrogen-bond donors (Lipinski definition) is 2. The molecule has 8 nitrogen and oxygen atoms in total. The molecule has 2 amide bonds. The fraction of sp³-hybridized carbons (Fsp3) is 0.217. The van der Waals surface area contributed by atoms with Crippen LogP contribution in [-0.4, -0.2) is 33.9 Å². The third-order valence-electron chi connectivity index (χ3n) is 4.79. The first-order valence-corrected chi connectivity index (χ1v) is 9.83. The number of amides is 2. The van der Waals surface area contributed by atoms with E-state index in [9.17, 15) is 14.4 Å². The number of rotatable bonds is 5. The van der Waals surface area contributed by atoms with E-state index in [2.05, 4.69) is 15.8 Å². The van der Waals surface area contributed by atoms with Crippen molar-refractivity contribution in [3.63, 3.8) is 0 Å². The molecule has 0 saturated heterocycles. The van der Waals surface area contributed by atoms with E-state index in [1.54, 1.807) is 19.9 Å². The summed E-state index contributed by atoms with van der Waals surface area (Å²) in [4.78, 5) is 41.1. The minimum atomic E-state index is -0.594. The monoisotopic (exact) mass is 420 g/mol. The Morgan fingerprint density at radius 1 is 0.935 bits per heavy atom. The van der Waals surface area contributed by atoms with Crippen LogP contribution in [0.15, 0.2) is 48.5 Å². The van der Waals surface area contributed by atoms with Crippen molar-refractivity contribution in [1.29, 1.82) is 0 Å². The van der Waals surface area contributed by atoms with Gasteiger partial charge in [0.25, 0.3) is 11.8 Å². The Labute approximate surface area is 180 Å². The molecule has 0 unspecified atom stereocenters. The molecule has 0 aliphatic heterocycles. The van der Waals surface area contributed by atoms with Crippen molar-refractivity contribution in [3.8, 4) is 5.69 Å². The number of aromatic nitrogens is 2. The molecule has 3 aromatic rings. The van der Waals surface area contributed by atoms with Gasteiger partial charge in [-0.1, -0.05) is 18.2 Å². The number of ether oxygens (including phenoxy) is 1. The van der Waals surface area contributed by atoms with Gasteiger partial charge in [0, 0.05) is 17.1 Å². The number of para-hydroxylation sites is 1. The van der Waals surface area contributed by atoms with Crippen molar-refractivity contribution in [1.82, 2.24) is 20.4 Å². The minimum Gasteiger partial charge on any atom is -0.462 e. The Kier molecular flexibility index (Phi) is 6.49. The van der Waals surface area contributed by atoms with Crippen LogP contribution in [-0.2, 0) is 4.74 Å². The third-order valence-corrected chi connectivity index (χ3v) is 4.79. The van der Waals surface area contributed by atoms with Crippen molar-refractivity contribution in [3.05, 3.63) is 82.4 Å². The number of benzene rings is 1. The topological polar surface area (TPSA) is 102 Å². The van der Waals surface area contributed by atoms with Gasteiger partial charge in [0.15, 0.2) is 0 Å². The van der Waals surface area contributed by atoms with Crippen LogP contribution in [0.5, 0.6) is 0 Å². The van der Waals surface area contributed by atoms with E-state index in [0.29, 0.717) is 11.3 Å². The number of esters is 1. The maximum absolute atomic E-state index is 12.7. The molecular formula is C23H24N4O4. The lowest BCUT2D eigenvalue weighted by molar-refractivity contribution is 0.0524. The van der Waals surface area contributed by atoms with E-state index >= 15 is 0 Å². The van der Waals surface area contributed by atoms with E-state index in [0.717, 1.165) is 17.1 Å². The van der Waals surface area contributed by atoms with Gasteiger partial charge in [-0.2, -0.15) is 0 Å². The largest absolute Gasteiger partial charge is 0.462 e. The Balaban J connectivity index is 1.71. The molecule has 0 bridgehead atoms. The zero-order valence-corrected chi connectivity index (χ0v) is 17.9. The number of nitrogens with zero attached hydrogens (tertiary/aromatic N) is 2. The lowest BCUT2D eigenvalue weighted by atomic mass is 10.2. The van der Waals surface area contributed by atoms with E-state index in [1.165, 1.54) is 12.1 Å². The standard InChI is InChI=1S/C23H24N4O4/c1-5-31-23(30)18-11-12-20(24-15(18)3)22(29)26-25-21(28)19-13-14(2)27(16(19)4)17-9-7-6-8-10-17/h6-13H,5H2,1-4H3,(H,25,28)(H,26,29). The zero-order valence-electron chi connectivity index (χ0n) is 17.9. The molecule has 0 spiro atoms. The molecule has 0 aliphatic rings. The van der Waals surface area contributed by atoms with Crippen molar-refractivity contribution in [2.24, 2.45) is 0 Å². The van der Waals surface area contributed by atoms with Gasteiger partial charge >= 0.3 is 5.97 Å². The highest BCUT2D eigenvalue weighted by atomic mass is 16.5. The third kappa shape index (κ3) is 4.63. The van der Waals surface area contributed by atoms with Crippen molar-refractivity contribution in [2.45, 2.75) is 27.7 Å². The Morgan fingerprint density at radius 3 is 2.26 bits per heavy atom. The van der Waals surface area contributed by atoms with E-state index in [-0.39, 0.29) is 17.9 Å². The second-order valence-corrected chi connectivity index (χ2v) is 6.91. The molecule has 0 aliphatic carbocycles. The Morgan fingerprint density at radius 2 is 1.61 bits per heavy atom. The normalized spacial score (nSPS) is 10.5. The zero-order chi connectivity index (χ0) is 22.5. The maximum Gasteiger partial charge on any atom is 0.339 e. The Bertz CT molecular complexity index is 1140. The number of carbonyl (C=O) groups is 3. The van der Waals surface area contributed by atoms with E-state index in [1.807, 2.05) is 48.7 Å². The molecule has 0 saturated carbocycles. The number of nitrogens with one attached hydrogen (secondary N) is 2. The summed E-state index contributed by atoms with van der Waals surface area (Å²) in [5, 5.41) is 0. The van der Waals surface area contributed by atoms with Crippen LogP contribution in [0.25, 0.3) is 5.69 Å². The van der Waals surface area contributed by atoms with Crippen LogP contribution in [0.4, 0.5) is 0 Å². The SMILES string of the molecule is CCOC(=O)c1ccc(C(=O)NNC(=O)c2cc(C)n(-c3ccccc3)c2C)nc1C. The lowest BCUT2D eigenvalue weighted by Gasteiger charge is -2.11. The number of carbonyl (C=O) groups excluding carboxylic acids is 3. The van der Waals surface area contributed by atoms with Crippen molar-refractivity contribution < 1.29 is 19.1 Å². The minimum absolute atomic E-state index is 0.0700. The van der Waals surface area contributed by atoms with Crippen LogP contribution in [0.2, 0.25) is 0 Å². The predicted octanol–water partition coefficient (Wildman–Crippen LogP) is 3.05. The second kappa shape index (κ2) is 9.25. The summed E-state index contributed by atoms with van der Waals surface area (Å²) in [5.41, 5.74) is 8.56. The van der Waals surface area contributed by atoms with Crippen molar-refractivity contribution in [2.75, 3.05) is 6.61 Å². The highest BCUT2D eigenvalue weighted by Crippen LogP contribution is 2.20. The average Bonchev–Trinajstić information content (AvgIpc) is 3.06. The molecule has 0 radical (unpaired) electrons. The van der Waals surface area contributed by atoms with Crippen LogP contribution in [0.1, 0.15) is 55.2 Å². The molecule has 8 heteroatoms.